The monoisotopic (exact) mass is 312 g/mol. The number of nitrogens with zero attached hydrogens (tertiary/aromatic N) is 2. The van der Waals surface area contributed by atoms with Crippen molar-refractivity contribution in [1.82, 2.24) is 9.80 Å². The molecule has 1 aromatic rings. The molecule has 0 bridgehead atoms. The van der Waals surface area contributed by atoms with Crippen LogP contribution in [0.15, 0.2) is 24.3 Å². The Morgan fingerprint density at radius 1 is 1.26 bits per heavy atom. The summed E-state index contributed by atoms with van der Waals surface area (Å²) in [5, 5.41) is 0. The average Bonchev–Trinajstić information content (AvgIpc) is 3.24. The van der Waals surface area contributed by atoms with E-state index in [9.17, 15) is 9.59 Å². The number of likely N-dealkylation sites (tertiary alicyclic amines) is 2. The Morgan fingerprint density at radius 2 is 2.04 bits per heavy atom. The Bertz CT molecular complexity index is 653. The SMILES string of the molecule is Cc1cccc(CN2CCC3(CCN(C(=O)C4CC4)C3)C2=O)c1. The lowest BCUT2D eigenvalue weighted by Crippen LogP contribution is -2.38. The van der Waals surface area contributed by atoms with Gasteiger partial charge in [0.25, 0.3) is 0 Å². The van der Waals surface area contributed by atoms with Crippen LogP contribution in [0.1, 0.15) is 36.8 Å². The quantitative estimate of drug-likeness (QED) is 0.859. The third-order valence-corrected chi connectivity index (χ3v) is 5.65. The second-order valence-corrected chi connectivity index (χ2v) is 7.53. The highest BCUT2D eigenvalue weighted by atomic mass is 16.2. The second-order valence-electron chi connectivity index (χ2n) is 7.53. The van der Waals surface area contributed by atoms with Crippen LogP contribution in [0, 0.1) is 18.3 Å². The number of benzene rings is 1. The Kier molecular flexibility index (Phi) is 3.43. The number of hydrogen-bond acceptors (Lipinski definition) is 2. The maximum absolute atomic E-state index is 13.0. The van der Waals surface area contributed by atoms with Gasteiger partial charge in [0, 0.05) is 32.1 Å². The number of carbonyl (C=O) groups excluding carboxylic acids is 2. The van der Waals surface area contributed by atoms with Gasteiger partial charge >= 0.3 is 0 Å². The molecule has 4 rings (SSSR count). The first-order valence-electron chi connectivity index (χ1n) is 8.71. The Balaban J connectivity index is 1.44. The van der Waals surface area contributed by atoms with Crippen LogP contribution < -0.4 is 0 Å². The third-order valence-electron chi connectivity index (χ3n) is 5.65. The minimum atomic E-state index is -0.297. The van der Waals surface area contributed by atoms with Crippen molar-refractivity contribution >= 4 is 11.8 Å². The molecular formula is C19H24N2O2. The Hall–Kier alpha value is -1.84. The molecule has 1 aliphatic carbocycles. The van der Waals surface area contributed by atoms with Crippen molar-refractivity contribution in [3.05, 3.63) is 35.4 Å². The fourth-order valence-corrected chi connectivity index (χ4v) is 4.10. The van der Waals surface area contributed by atoms with Gasteiger partial charge in [0.05, 0.1) is 5.41 Å². The molecule has 1 spiro atoms. The van der Waals surface area contributed by atoms with Gasteiger partial charge in [-0.05, 0) is 38.2 Å². The molecule has 122 valence electrons. The van der Waals surface area contributed by atoms with Crippen molar-refractivity contribution in [2.45, 2.75) is 39.2 Å². The van der Waals surface area contributed by atoms with Crippen molar-refractivity contribution in [1.29, 1.82) is 0 Å². The lowest BCUT2D eigenvalue weighted by molar-refractivity contribution is -0.137. The maximum atomic E-state index is 13.0. The Morgan fingerprint density at radius 3 is 2.78 bits per heavy atom. The largest absolute Gasteiger partial charge is 0.341 e. The van der Waals surface area contributed by atoms with E-state index in [0.29, 0.717) is 13.1 Å². The minimum absolute atomic E-state index is 0.255. The molecule has 1 unspecified atom stereocenters. The highest BCUT2D eigenvalue weighted by Gasteiger charge is 2.52. The van der Waals surface area contributed by atoms with Crippen LogP contribution in [0.5, 0.6) is 0 Å². The van der Waals surface area contributed by atoms with Gasteiger partial charge in [0.15, 0.2) is 0 Å². The molecule has 1 saturated carbocycles. The first-order chi connectivity index (χ1) is 11.1. The van der Waals surface area contributed by atoms with Gasteiger partial charge in [-0.3, -0.25) is 9.59 Å². The van der Waals surface area contributed by atoms with E-state index in [4.69, 9.17) is 0 Å². The van der Waals surface area contributed by atoms with E-state index in [-0.39, 0.29) is 23.1 Å². The zero-order valence-electron chi connectivity index (χ0n) is 13.8. The van der Waals surface area contributed by atoms with Crippen LogP contribution in [0.2, 0.25) is 0 Å². The summed E-state index contributed by atoms with van der Waals surface area (Å²) in [6, 6.07) is 8.36. The maximum Gasteiger partial charge on any atom is 0.231 e. The van der Waals surface area contributed by atoms with Crippen molar-refractivity contribution in [2.75, 3.05) is 19.6 Å². The average molecular weight is 312 g/mol. The minimum Gasteiger partial charge on any atom is -0.341 e. The summed E-state index contributed by atoms with van der Waals surface area (Å²) in [5.74, 6) is 0.793. The number of aryl methyl sites for hydroxylation is 1. The van der Waals surface area contributed by atoms with Gasteiger partial charge in [-0.2, -0.15) is 0 Å². The number of amides is 2. The molecule has 2 heterocycles. The summed E-state index contributed by atoms with van der Waals surface area (Å²) >= 11 is 0. The summed E-state index contributed by atoms with van der Waals surface area (Å²) in [7, 11) is 0. The predicted molar refractivity (Wildman–Crippen MR) is 87.6 cm³/mol. The van der Waals surface area contributed by atoms with E-state index in [1.165, 1.54) is 11.1 Å². The van der Waals surface area contributed by atoms with E-state index in [2.05, 4.69) is 25.1 Å². The normalized spacial score (nSPS) is 27.3. The van der Waals surface area contributed by atoms with E-state index >= 15 is 0 Å². The molecule has 0 aromatic heterocycles. The summed E-state index contributed by atoms with van der Waals surface area (Å²) in [5.41, 5.74) is 2.12. The Labute approximate surface area is 137 Å². The van der Waals surface area contributed by atoms with Crippen LogP contribution in [-0.4, -0.2) is 41.2 Å². The van der Waals surface area contributed by atoms with Crippen LogP contribution in [0.3, 0.4) is 0 Å². The van der Waals surface area contributed by atoms with Crippen molar-refractivity contribution in [3.63, 3.8) is 0 Å². The fraction of sp³-hybridized carbons (Fsp3) is 0.579. The third kappa shape index (κ3) is 2.64. The highest BCUT2D eigenvalue weighted by molar-refractivity contribution is 5.88. The van der Waals surface area contributed by atoms with Gasteiger partial charge in [-0.1, -0.05) is 29.8 Å². The van der Waals surface area contributed by atoms with Crippen LogP contribution in [0.4, 0.5) is 0 Å². The molecule has 3 fully saturated rings. The van der Waals surface area contributed by atoms with Gasteiger partial charge in [0.1, 0.15) is 0 Å². The molecule has 3 aliphatic rings. The molecule has 1 atom stereocenters. The van der Waals surface area contributed by atoms with Crippen molar-refractivity contribution in [2.24, 2.45) is 11.3 Å². The second kappa shape index (κ2) is 5.36. The van der Waals surface area contributed by atoms with Crippen LogP contribution >= 0.6 is 0 Å². The lowest BCUT2D eigenvalue weighted by Gasteiger charge is -2.24. The van der Waals surface area contributed by atoms with Crippen molar-refractivity contribution in [3.8, 4) is 0 Å². The topological polar surface area (TPSA) is 40.6 Å². The predicted octanol–water partition coefficient (Wildman–Crippen LogP) is 2.36. The van der Waals surface area contributed by atoms with E-state index < -0.39 is 0 Å². The molecule has 4 heteroatoms. The molecule has 4 nitrogen and oxygen atoms in total. The van der Waals surface area contributed by atoms with Crippen LogP contribution in [-0.2, 0) is 16.1 Å². The molecule has 0 radical (unpaired) electrons. The van der Waals surface area contributed by atoms with Gasteiger partial charge < -0.3 is 9.80 Å². The number of carbonyl (C=O) groups is 2. The molecule has 0 N–H and O–H groups in total. The smallest absolute Gasteiger partial charge is 0.231 e. The van der Waals surface area contributed by atoms with Crippen LogP contribution in [0.25, 0.3) is 0 Å². The summed E-state index contributed by atoms with van der Waals surface area (Å²) in [6.45, 7) is 5.00. The van der Waals surface area contributed by atoms with E-state index in [1.807, 2.05) is 15.9 Å². The summed E-state index contributed by atoms with van der Waals surface area (Å²) in [6.07, 6.45) is 3.81. The van der Waals surface area contributed by atoms with Gasteiger partial charge in [0.2, 0.25) is 11.8 Å². The summed E-state index contributed by atoms with van der Waals surface area (Å²) in [4.78, 5) is 29.2. The molecule has 2 amide bonds. The zero-order valence-corrected chi connectivity index (χ0v) is 13.8. The first-order valence-corrected chi connectivity index (χ1v) is 8.71. The van der Waals surface area contributed by atoms with E-state index in [0.717, 1.165) is 38.8 Å². The molecule has 23 heavy (non-hydrogen) atoms. The first kappa shape index (κ1) is 14.7. The fourth-order valence-electron chi connectivity index (χ4n) is 4.10. The highest BCUT2D eigenvalue weighted by Crippen LogP contribution is 2.43. The van der Waals surface area contributed by atoms with Gasteiger partial charge in [-0.25, -0.2) is 0 Å². The zero-order chi connectivity index (χ0) is 16.0. The van der Waals surface area contributed by atoms with Gasteiger partial charge in [-0.15, -0.1) is 0 Å². The number of rotatable bonds is 3. The molecular weight excluding hydrogens is 288 g/mol. The molecule has 2 aliphatic heterocycles. The standard InChI is InChI=1S/C19H24N2O2/c1-14-3-2-4-15(11-14)12-20-9-7-19(18(20)23)8-10-21(13-19)17(22)16-5-6-16/h2-4,11,16H,5-10,12-13H2,1H3. The molecule has 1 aromatic carbocycles. The summed E-state index contributed by atoms with van der Waals surface area (Å²) < 4.78 is 0. The van der Waals surface area contributed by atoms with Crippen molar-refractivity contribution < 1.29 is 9.59 Å². The lowest BCUT2D eigenvalue weighted by atomic mass is 9.85. The molecule has 2 saturated heterocycles. The number of hydrogen-bond donors (Lipinski definition) is 0. The van der Waals surface area contributed by atoms with E-state index in [1.54, 1.807) is 0 Å².